The number of halogens is 4. The second kappa shape index (κ2) is 6.36. The minimum atomic E-state index is -1.77. The maximum Gasteiger partial charge on any atom is 0.354 e. The number of hydrogen-bond acceptors (Lipinski definition) is 3. The Labute approximate surface area is 120 Å². The third kappa shape index (κ3) is 4.34. The Hall–Kier alpha value is 0.390. The van der Waals surface area contributed by atoms with E-state index in [1.165, 1.54) is 0 Å². The van der Waals surface area contributed by atoms with Crippen molar-refractivity contribution in [2.24, 2.45) is 0 Å². The van der Waals surface area contributed by atoms with E-state index in [4.69, 9.17) is 38.6 Å². The van der Waals surface area contributed by atoms with Crippen molar-refractivity contribution in [3.05, 3.63) is 34.3 Å². The molecule has 7 heteroatoms. The van der Waals surface area contributed by atoms with Crippen LogP contribution in [0.5, 0.6) is 0 Å². The van der Waals surface area contributed by atoms with E-state index in [1.807, 2.05) is 24.3 Å². The zero-order valence-electron chi connectivity index (χ0n) is 7.75. The van der Waals surface area contributed by atoms with Crippen molar-refractivity contribution < 1.29 is 9.53 Å². The Balaban J connectivity index is 2.52. The van der Waals surface area contributed by atoms with Gasteiger partial charge in [0, 0.05) is 4.47 Å². The SMILES string of the molecule is O=C(OCc1ccc(Br)cc1)C(Cl)(Cl)SCl. The first-order valence-corrected chi connectivity index (χ1v) is 7.24. The average molecular weight is 364 g/mol. The largest absolute Gasteiger partial charge is 0.458 e. The number of ether oxygens (including phenoxy) is 1. The normalized spacial score (nSPS) is 11.2. The van der Waals surface area contributed by atoms with E-state index in [0.717, 1.165) is 10.0 Å². The highest BCUT2D eigenvalue weighted by atomic mass is 79.9. The molecule has 0 spiro atoms. The number of benzene rings is 1. The number of esters is 1. The third-order valence-corrected chi connectivity index (χ3v) is 4.45. The lowest BCUT2D eigenvalue weighted by molar-refractivity contribution is -0.143. The molecule has 0 atom stereocenters. The van der Waals surface area contributed by atoms with Gasteiger partial charge in [-0.15, -0.1) is 0 Å². The van der Waals surface area contributed by atoms with Gasteiger partial charge in [-0.1, -0.05) is 51.3 Å². The van der Waals surface area contributed by atoms with Crippen LogP contribution in [0, 0.1) is 0 Å². The Bertz CT molecular complexity index is 370. The molecular weight excluding hydrogens is 358 g/mol. The molecule has 1 aromatic rings. The van der Waals surface area contributed by atoms with Crippen LogP contribution >= 0.6 is 60.8 Å². The second-order valence-corrected chi connectivity index (χ2v) is 6.72. The molecule has 0 aliphatic carbocycles. The fourth-order valence-electron chi connectivity index (χ4n) is 0.845. The monoisotopic (exact) mass is 362 g/mol. The number of hydrogen-bond donors (Lipinski definition) is 0. The number of carbonyl (C=O) groups is 1. The van der Waals surface area contributed by atoms with Crippen molar-refractivity contribution in [1.29, 1.82) is 0 Å². The lowest BCUT2D eigenvalue weighted by Crippen LogP contribution is -2.23. The van der Waals surface area contributed by atoms with Crippen LogP contribution in [0.2, 0.25) is 0 Å². The highest BCUT2D eigenvalue weighted by Crippen LogP contribution is 2.38. The van der Waals surface area contributed by atoms with Gasteiger partial charge in [-0.3, -0.25) is 0 Å². The second-order valence-electron chi connectivity index (χ2n) is 2.80. The molecule has 0 radical (unpaired) electrons. The van der Waals surface area contributed by atoms with Crippen molar-refractivity contribution in [1.82, 2.24) is 0 Å². The Morgan fingerprint density at radius 2 is 1.94 bits per heavy atom. The lowest BCUT2D eigenvalue weighted by Gasteiger charge is -2.13. The first-order valence-electron chi connectivity index (χ1n) is 4.05. The van der Waals surface area contributed by atoms with Gasteiger partial charge in [0.25, 0.3) is 3.67 Å². The molecule has 16 heavy (non-hydrogen) atoms. The van der Waals surface area contributed by atoms with Crippen molar-refractivity contribution in [3.8, 4) is 0 Å². The first-order chi connectivity index (χ1) is 7.45. The zero-order chi connectivity index (χ0) is 12.2. The summed E-state index contributed by atoms with van der Waals surface area (Å²) in [5, 5.41) is 0. The predicted octanol–water partition coefficient (Wildman–Crippen LogP) is 4.51. The van der Waals surface area contributed by atoms with Gasteiger partial charge in [-0.05, 0) is 39.4 Å². The molecule has 0 saturated heterocycles. The Morgan fingerprint density at radius 3 is 2.44 bits per heavy atom. The van der Waals surface area contributed by atoms with Crippen LogP contribution in [-0.4, -0.2) is 9.63 Å². The van der Waals surface area contributed by atoms with Crippen molar-refractivity contribution in [2.75, 3.05) is 0 Å². The van der Waals surface area contributed by atoms with E-state index in [-0.39, 0.29) is 6.61 Å². The summed E-state index contributed by atoms with van der Waals surface area (Å²) >= 11 is 14.5. The highest BCUT2D eigenvalue weighted by molar-refractivity contribution is 9.10. The van der Waals surface area contributed by atoms with Crippen molar-refractivity contribution in [3.63, 3.8) is 0 Å². The summed E-state index contributed by atoms with van der Waals surface area (Å²) in [6.45, 7) is 0.102. The van der Waals surface area contributed by atoms with Crippen LogP contribution in [0.4, 0.5) is 0 Å². The molecule has 88 valence electrons. The van der Waals surface area contributed by atoms with Gasteiger partial charge in [0.1, 0.15) is 6.61 Å². The number of alkyl halides is 2. The summed E-state index contributed by atoms with van der Waals surface area (Å²) in [4.78, 5) is 11.3. The molecular formula is C9H6BrCl3O2S. The molecule has 0 aliphatic rings. The fourth-order valence-corrected chi connectivity index (χ4v) is 1.53. The molecule has 0 aliphatic heterocycles. The topological polar surface area (TPSA) is 26.3 Å². The summed E-state index contributed by atoms with van der Waals surface area (Å²) in [6.07, 6.45) is 0. The maximum atomic E-state index is 11.3. The smallest absolute Gasteiger partial charge is 0.354 e. The molecule has 0 amide bonds. The van der Waals surface area contributed by atoms with E-state index in [9.17, 15) is 4.79 Å². The molecule has 0 saturated carbocycles. The van der Waals surface area contributed by atoms with Gasteiger partial charge in [-0.25, -0.2) is 4.79 Å². The predicted molar refractivity (Wildman–Crippen MR) is 71.8 cm³/mol. The van der Waals surface area contributed by atoms with Gasteiger partial charge in [0.15, 0.2) is 0 Å². The van der Waals surface area contributed by atoms with Crippen LogP contribution in [-0.2, 0) is 16.1 Å². The molecule has 1 aromatic carbocycles. The number of carbonyl (C=O) groups excluding carboxylic acids is 1. The molecule has 0 aromatic heterocycles. The summed E-state index contributed by atoms with van der Waals surface area (Å²) in [6, 6.07) is 7.31. The van der Waals surface area contributed by atoms with E-state index >= 15 is 0 Å². The quantitative estimate of drug-likeness (QED) is 0.581. The third-order valence-electron chi connectivity index (χ3n) is 1.62. The standard InChI is InChI=1S/C9H6BrCl3O2S/c10-7-3-1-6(2-4-7)5-15-8(14)9(11,12)16-13/h1-4H,5H2. The van der Waals surface area contributed by atoms with Crippen LogP contribution in [0.25, 0.3) is 0 Å². The van der Waals surface area contributed by atoms with Crippen molar-refractivity contribution in [2.45, 2.75) is 10.3 Å². The molecule has 0 heterocycles. The minimum absolute atomic E-state index is 0.102. The van der Waals surface area contributed by atoms with Crippen LogP contribution in [0.3, 0.4) is 0 Å². The lowest BCUT2D eigenvalue weighted by atomic mass is 10.2. The number of rotatable bonds is 4. The van der Waals surface area contributed by atoms with Crippen LogP contribution < -0.4 is 0 Å². The van der Waals surface area contributed by atoms with Gasteiger partial charge in [-0.2, -0.15) is 0 Å². The van der Waals surface area contributed by atoms with Crippen molar-refractivity contribution >= 4 is 66.8 Å². The summed E-state index contributed by atoms with van der Waals surface area (Å²) < 4.78 is 4.08. The van der Waals surface area contributed by atoms with Gasteiger partial charge in [0.2, 0.25) is 0 Å². The zero-order valence-corrected chi connectivity index (χ0v) is 12.4. The van der Waals surface area contributed by atoms with Gasteiger partial charge >= 0.3 is 5.97 Å². The maximum absolute atomic E-state index is 11.3. The molecule has 0 bridgehead atoms. The molecule has 1 rings (SSSR count). The molecule has 0 fully saturated rings. The Kier molecular flexibility index (Phi) is 5.74. The van der Waals surface area contributed by atoms with Gasteiger partial charge in [0.05, 0.1) is 0 Å². The van der Waals surface area contributed by atoms with Crippen LogP contribution in [0.1, 0.15) is 5.56 Å². The minimum Gasteiger partial charge on any atom is -0.458 e. The fraction of sp³-hybridized carbons (Fsp3) is 0.222. The first kappa shape index (κ1) is 14.5. The summed E-state index contributed by atoms with van der Waals surface area (Å²) in [5.74, 6) is -0.779. The van der Waals surface area contributed by atoms with E-state index in [1.54, 1.807) is 0 Å². The summed E-state index contributed by atoms with van der Waals surface area (Å²) in [7, 11) is 5.83. The highest BCUT2D eigenvalue weighted by Gasteiger charge is 2.36. The van der Waals surface area contributed by atoms with Gasteiger partial charge < -0.3 is 4.74 Å². The average Bonchev–Trinajstić information content (AvgIpc) is 2.28. The van der Waals surface area contributed by atoms with E-state index in [2.05, 4.69) is 15.9 Å². The van der Waals surface area contributed by atoms with E-state index in [0.29, 0.717) is 11.0 Å². The molecule has 0 N–H and O–H groups in total. The van der Waals surface area contributed by atoms with E-state index < -0.39 is 9.63 Å². The summed E-state index contributed by atoms with van der Waals surface area (Å²) in [5.41, 5.74) is 0.834. The van der Waals surface area contributed by atoms with Crippen LogP contribution in [0.15, 0.2) is 28.7 Å². The molecule has 0 unspecified atom stereocenters. The molecule has 2 nitrogen and oxygen atoms in total. The Morgan fingerprint density at radius 1 is 1.38 bits per heavy atom.